The Labute approximate surface area is 428 Å². The Morgan fingerprint density at radius 1 is 0.301 bits per heavy atom. The molecule has 0 radical (unpaired) electrons. The lowest BCUT2D eigenvalue weighted by Crippen LogP contribution is -2.21. The minimum absolute atomic E-state index is 0.672. The number of para-hydroxylation sites is 4. The Kier molecular flexibility index (Phi) is 13.5. The summed E-state index contributed by atoms with van der Waals surface area (Å²) >= 11 is 0. The Morgan fingerprint density at radius 3 is 1.14 bits per heavy atom. The predicted octanol–water partition coefficient (Wildman–Crippen LogP) is 17.5. The molecule has 0 aromatic heterocycles. The molecule has 4 nitrogen and oxygen atoms in total. The van der Waals surface area contributed by atoms with E-state index in [4.69, 9.17) is 0 Å². The summed E-state index contributed by atoms with van der Waals surface area (Å²) in [6.45, 7) is 4.90. The normalized spacial score (nSPS) is 11.4. The van der Waals surface area contributed by atoms with Crippen molar-refractivity contribution in [3.63, 3.8) is 0 Å². The molecule has 0 unspecified atom stereocenters. The van der Waals surface area contributed by atoms with Gasteiger partial charge in [0.2, 0.25) is 0 Å². The number of anilines is 11. The van der Waals surface area contributed by atoms with Crippen molar-refractivity contribution in [1.29, 1.82) is 0 Å². The smallest absolute Gasteiger partial charge is 0.0540 e. The summed E-state index contributed by atoms with van der Waals surface area (Å²) in [6, 6.07) is 101. The predicted molar refractivity (Wildman–Crippen MR) is 312 cm³/mol. The fraction of sp³-hybridized carbons (Fsp3) is 0.0145. The molecule has 0 bridgehead atoms. The summed E-state index contributed by atoms with van der Waals surface area (Å²) in [5, 5.41) is 4.50. The Balaban J connectivity index is 0.909. The zero-order chi connectivity index (χ0) is 49.2. The molecule has 0 heterocycles. The molecule has 0 saturated heterocycles. The van der Waals surface area contributed by atoms with Crippen LogP contribution in [-0.2, 0) is 0 Å². The van der Waals surface area contributed by atoms with Crippen LogP contribution in [0.15, 0.2) is 297 Å². The Hall–Kier alpha value is -9.64. The monoisotopic (exact) mass is 938 g/mol. The van der Waals surface area contributed by atoms with Gasteiger partial charge in [0.1, 0.15) is 0 Å². The van der Waals surface area contributed by atoms with E-state index in [0.717, 1.165) is 84.1 Å². The van der Waals surface area contributed by atoms with Crippen LogP contribution >= 0.6 is 0 Å². The highest BCUT2D eigenvalue weighted by Gasteiger charge is 2.19. The minimum atomic E-state index is 0.672. The summed E-state index contributed by atoms with van der Waals surface area (Å²) in [5.41, 5.74) is 14.3. The average molecular weight is 939 g/mol. The van der Waals surface area contributed by atoms with Crippen LogP contribution < -0.4 is 30.0 Å². The highest BCUT2D eigenvalue weighted by molar-refractivity contribution is 5.99. The van der Waals surface area contributed by atoms with Crippen molar-refractivity contribution in [3.8, 4) is 11.1 Å². The zero-order valence-corrected chi connectivity index (χ0v) is 40.6. The van der Waals surface area contributed by atoms with Crippen LogP contribution in [0.25, 0.3) is 34.6 Å². The zero-order valence-electron chi connectivity index (χ0n) is 40.6. The van der Waals surface area contributed by atoms with Crippen LogP contribution in [-0.4, -0.2) is 6.54 Å². The van der Waals surface area contributed by atoms with E-state index in [0.29, 0.717) is 6.54 Å². The van der Waals surface area contributed by atoms with Crippen LogP contribution in [0.4, 0.5) is 62.6 Å². The van der Waals surface area contributed by atoms with Gasteiger partial charge < -0.3 is 19.6 Å². The number of benzene rings is 11. The summed E-state index contributed by atoms with van der Waals surface area (Å²) in [6.07, 6.45) is 6.48. The van der Waals surface area contributed by atoms with E-state index in [1.54, 1.807) is 0 Å². The lowest BCUT2D eigenvalue weighted by atomic mass is 10.0. The fourth-order valence-corrected chi connectivity index (χ4v) is 9.60. The Morgan fingerprint density at radius 2 is 0.658 bits per heavy atom. The van der Waals surface area contributed by atoms with E-state index in [1.165, 1.54) is 10.8 Å². The molecule has 0 spiro atoms. The lowest BCUT2D eigenvalue weighted by Gasteiger charge is -2.29. The van der Waals surface area contributed by atoms with Gasteiger partial charge in [0.15, 0.2) is 0 Å². The molecule has 11 aromatic rings. The van der Waals surface area contributed by atoms with Gasteiger partial charge in [-0.3, -0.25) is 0 Å². The molecule has 0 aliphatic heterocycles. The number of rotatable bonds is 15. The number of allylic oxidation sites excluding steroid dienone is 1. The van der Waals surface area contributed by atoms with Gasteiger partial charge in [-0.1, -0.05) is 183 Å². The first-order valence-corrected chi connectivity index (χ1v) is 24.8. The van der Waals surface area contributed by atoms with Gasteiger partial charge >= 0.3 is 0 Å². The summed E-state index contributed by atoms with van der Waals surface area (Å²) in [7, 11) is 0. The van der Waals surface area contributed by atoms with Gasteiger partial charge in [-0.05, 0) is 154 Å². The van der Waals surface area contributed by atoms with Gasteiger partial charge in [0.25, 0.3) is 0 Å². The highest BCUT2D eigenvalue weighted by atomic mass is 15.2. The first-order valence-electron chi connectivity index (χ1n) is 24.8. The van der Waals surface area contributed by atoms with Gasteiger partial charge in [0.05, 0.1) is 5.69 Å². The standard InChI is InChI=1S/C69H54N4/c1-53-21-14-15-22-54(53)23-18-19-52-70(59-44-46-64(47-45-59)71(60-26-6-2-7-27-60)61-28-8-3-9-29-61)58-40-36-55(37-41-58)56-38-42-66(43-39-56)73(69-35-20-25-57-24-16-17-34-68(57)69)67-50-48-65(49-51-67)72(62-30-10-4-11-31-62)63-32-12-5-13-33-63/h2-51H,1,52H2/b19-18-,54-23-. The molecule has 0 saturated carbocycles. The van der Waals surface area contributed by atoms with Crippen molar-refractivity contribution < 1.29 is 0 Å². The fourth-order valence-electron chi connectivity index (χ4n) is 9.60. The minimum Gasteiger partial charge on any atom is -0.338 e. The van der Waals surface area contributed by atoms with Crippen molar-refractivity contribution >= 4 is 86.0 Å². The molecule has 0 fully saturated rings. The molecule has 0 N–H and O–H groups in total. The molecule has 0 atom stereocenters. The molecular weight excluding hydrogens is 885 g/mol. The molecule has 0 aliphatic rings. The first kappa shape index (κ1) is 45.8. The third-order valence-corrected chi connectivity index (χ3v) is 13.2. The molecule has 350 valence electrons. The summed E-state index contributed by atoms with van der Waals surface area (Å²) in [4.78, 5) is 9.33. The molecule has 73 heavy (non-hydrogen) atoms. The van der Waals surface area contributed by atoms with E-state index in [2.05, 4.69) is 317 Å². The second-order valence-corrected chi connectivity index (χ2v) is 17.9. The quantitative estimate of drug-likeness (QED) is 0.102. The maximum atomic E-state index is 4.22. The van der Waals surface area contributed by atoms with Gasteiger partial charge in [-0.15, -0.1) is 0 Å². The maximum absolute atomic E-state index is 4.22. The highest BCUT2D eigenvalue weighted by Crippen LogP contribution is 2.42. The molecule has 4 heteroatoms. The largest absolute Gasteiger partial charge is 0.338 e. The van der Waals surface area contributed by atoms with Crippen molar-refractivity contribution in [2.24, 2.45) is 0 Å². The molecule has 0 amide bonds. The SMILES string of the molecule is C=c1cccc/c1=C/C=C\CN(c1ccc(-c2ccc(N(c3ccc(N(c4ccccc4)c4ccccc4)cc3)c3cccc4ccccc34)cc2)cc1)c1ccc(N(c2ccccc2)c2ccccc2)cc1. The van der Waals surface area contributed by atoms with Crippen molar-refractivity contribution in [1.82, 2.24) is 0 Å². The van der Waals surface area contributed by atoms with Crippen LogP contribution in [0.5, 0.6) is 0 Å². The van der Waals surface area contributed by atoms with Crippen LogP contribution in [0.2, 0.25) is 0 Å². The summed E-state index contributed by atoms with van der Waals surface area (Å²) < 4.78 is 0. The van der Waals surface area contributed by atoms with E-state index >= 15 is 0 Å². The number of nitrogens with zero attached hydrogens (tertiary/aromatic N) is 4. The van der Waals surface area contributed by atoms with E-state index in [9.17, 15) is 0 Å². The van der Waals surface area contributed by atoms with E-state index < -0.39 is 0 Å². The Bertz CT molecular complexity index is 3610. The van der Waals surface area contributed by atoms with Crippen LogP contribution in [0.3, 0.4) is 0 Å². The van der Waals surface area contributed by atoms with Crippen LogP contribution in [0.1, 0.15) is 0 Å². The number of hydrogen-bond acceptors (Lipinski definition) is 4. The third kappa shape index (κ3) is 10.2. The maximum Gasteiger partial charge on any atom is 0.0540 e. The van der Waals surface area contributed by atoms with Gasteiger partial charge in [-0.2, -0.15) is 0 Å². The lowest BCUT2D eigenvalue weighted by molar-refractivity contribution is 1.10. The molecular formula is C69H54N4. The van der Waals surface area contributed by atoms with Crippen molar-refractivity contribution in [2.75, 3.05) is 26.1 Å². The molecule has 11 aromatic carbocycles. The van der Waals surface area contributed by atoms with Crippen LogP contribution in [0, 0.1) is 0 Å². The first-order chi connectivity index (χ1) is 36.1. The average Bonchev–Trinajstić information content (AvgIpc) is 3.46. The number of hydrogen-bond donors (Lipinski definition) is 0. The van der Waals surface area contributed by atoms with Gasteiger partial charge in [-0.25, -0.2) is 0 Å². The van der Waals surface area contributed by atoms with E-state index in [1.807, 2.05) is 12.1 Å². The molecule has 11 rings (SSSR count). The third-order valence-electron chi connectivity index (χ3n) is 13.2. The van der Waals surface area contributed by atoms with E-state index in [-0.39, 0.29) is 0 Å². The topological polar surface area (TPSA) is 13.0 Å². The van der Waals surface area contributed by atoms with Crippen molar-refractivity contribution in [2.45, 2.75) is 0 Å². The second-order valence-electron chi connectivity index (χ2n) is 17.9. The van der Waals surface area contributed by atoms with Crippen molar-refractivity contribution in [3.05, 3.63) is 308 Å². The molecule has 0 aliphatic carbocycles. The number of fused-ring (bicyclic) bond motifs is 1. The summed E-state index contributed by atoms with van der Waals surface area (Å²) in [5.74, 6) is 0. The van der Waals surface area contributed by atoms with Gasteiger partial charge in [0, 0.05) is 68.8 Å². The second kappa shape index (κ2) is 21.6.